The summed E-state index contributed by atoms with van der Waals surface area (Å²) >= 11 is 0. The van der Waals surface area contributed by atoms with Crippen molar-refractivity contribution in [2.24, 2.45) is 5.41 Å². The maximum atomic E-state index is 5.89. The van der Waals surface area contributed by atoms with Gasteiger partial charge in [-0.25, -0.2) is 4.99 Å². The smallest absolute Gasteiger partial charge is 0.189 e. The third-order valence-electron chi connectivity index (χ3n) is 3.75. The standard InChI is InChI=1S/C15H31N3O/c1-14(2)11-15(7-10-19-14,13-18(5)6)12-16-8-9-17(3)4/h12H,7-11,13H2,1-6H3/p+3/t15-/m1/s1. The first-order valence-corrected chi connectivity index (χ1v) is 7.55. The van der Waals surface area contributed by atoms with Crippen LogP contribution in [0.3, 0.4) is 0 Å². The molecule has 3 N–H and O–H groups in total. The van der Waals surface area contributed by atoms with Crippen molar-refractivity contribution in [3.8, 4) is 0 Å². The summed E-state index contributed by atoms with van der Waals surface area (Å²) in [4.78, 5) is 6.55. The minimum atomic E-state index is -0.00131. The van der Waals surface area contributed by atoms with E-state index >= 15 is 0 Å². The SMILES string of the molecule is C[NH+](C)CC[NH+]=C[C@@]1(C[NH+](C)C)CCOC(C)(C)C1. The molecule has 1 atom stereocenters. The molecule has 1 aliphatic rings. The van der Waals surface area contributed by atoms with E-state index in [2.05, 4.69) is 53.2 Å². The summed E-state index contributed by atoms with van der Waals surface area (Å²) in [5.74, 6) is 0. The van der Waals surface area contributed by atoms with Crippen LogP contribution in [0.4, 0.5) is 0 Å². The molecule has 0 aromatic rings. The summed E-state index contributed by atoms with van der Waals surface area (Å²) in [6, 6.07) is 0. The second kappa shape index (κ2) is 6.82. The third kappa shape index (κ3) is 6.02. The van der Waals surface area contributed by atoms with Gasteiger partial charge in [-0.3, -0.25) is 0 Å². The summed E-state index contributed by atoms with van der Waals surface area (Å²) in [5, 5.41) is 0. The van der Waals surface area contributed by atoms with Gasteiger partial charge in [0.15, 0.2) is 6.54 Å². The average Bonchev–Trinajstić information content (AvgIpc) is 2.21. The van der Waals surface area contributed by atoms with Crippen molar-refractivity contribution < 1.29 is 19.5 Å². The Hall–Kier alpha value is -0.450. The molecule has 1 heterocycles. The lowest BCUT2D eigenvalue weighted by molar-refractivity contribution is -0.867. The van der Waals surface area contributed by atoms with Crippen LogP contribution in [0.25, 0.3) is 0 Å². The van der Waals surface area contributed by atoms with Crippen molar-refractivity contribution in [2.45, 2.75) is 32.3 Å². The minimum absolute atomic E-state index is 0.00131. The molecule has 1 saturated heterocycles. The van der Waals surface area contributed by atoms with E-state index in [0.717, 1.165) is 32.5 Å². The van der Waals surface area contributed by atoms with Gasteiger partial charge >= 0.3 is 0 Å². The molecule has 4 heteroatoms. The molecular weight excluding hydrogens is 238 g/mol. The lowest BCUT2D eigenvalue weighted by Gasteiger charge is -2.41. The quantitative estimate of drug-likeness (QED) is 0.443. The van der Waals surface area contributed by atoms with Crippen molar-refractivity contribution in [3.05, 3.63) is 0 Å². The zero-order valence-corrected chi connectivity index (χ0v) is 13.7. The van der Waals surface area contributed by atoms with Gasteiger partial charge in [0.1, 0.15) is 18.2 Å². The summed E-state index contributed by atoms with van der Waals surface area (Å²) in [7, 11) is 8.86. The van der Waals surface area contributed by atoms with E-state index in [0.29, 0.717) is 0 Å². The van der Waals surface area contributed by atoms with Gasteiger partial charge in [-0.1, -0.05) is 0 Å². The Bertz CT molecular complexity index is 300. The normalized spacial score (nSPS) is 27.6. The van der Waals surface area contributed by atoms with E-state index in [1.807, 2.05) is 0 Å². The summed E-state index contributed by atoms with van der Waals surface area (Å²) in [5.41, 5.74) is 0.265. The Kier molecular flexibility index (Phi) is 5.96. The monoisotopic (exact) mass is 272 g/mol. The van der Waals surface area contributed by atoms with Gasteiger partial charge in [-0.2, -0.15) is 0 Å². The lowest BCUT2D eigenvalue weighted by Crippen LogP contribution is -3.09. The van der Waals surface area contributed by atoms with E-state index in [9.17, 15) is 0 Å². The predicted octanol–water partition coefficient (Wildman–Crippen LogP) is -3.00. The molecular formula is C15H34N3O+3. The molecule has 0 aliphatic carbocycles. The molecule has 1 fully saturated rings. The number of hydrogen-bond donors (Lipinski definition) is 3. The van der Waals surface area contributed by atoms with Crippen LogP contribution in [0.15, 0.2) is 0 Å². The van der Waals surface area contributed by atoms with Crippen LogP contribution in [0, 0.1) is 5.41 Å². The molecule has 0 aromatic heterocycles. The first-order valence-electron chi connectivity index (χ1n) is 7.55. The first kappa shape index (κ1) is 16.6. The fourth-order valence-corrected chi connectivity index (χ4v) is 3.16. The molecule has 0 saturated carbocycles. The topological polar surface area (TPSA) is 32.1 Å². The van der Waals surface area contributed by atoms with Crippen LogP contribution < -0.4 is 14.8 Å². The molecule has 0 aromatic carbocycles. The molecule has 1 rings (SSSR count). The minimum Gasteiger partial charge on any atom is -0.375 e. The van der Waals surface area contributed by atoms with Crippen molar-refractivity contribution >= 4 is 6.21 Å². The van der Waals surface area contributed by atoms with Crippen molar-refractivity contribution in [1.29, 1.82) is 0 Å². The van der Waals surface area contributed by atoms with Crippen molar-refractivity contribution in [3.63, 3.8) is 0 Å². The second-order valence-electron chi connectivity index (χ2n) is 7.34. The van der Waals surface area contributed by atoms with Crippen LogP contribution >= 0.6 is 0 Å². The van der Waals surface area contributed by atoms with E-state index in [1.54, 1.807) is 0 Å². The van der Waals surface area contributed by atoms with Gasteiger partial charge in [-0.05, 0) is 26.7 Å². The molecule has 4 nitrogen and oxygen atoms in total. The Labute approximate surface area is 118 Å². The zero-order valence-electron chi connectivity index (χ0n) is 13.7. The predicted molar refractivity (Wildman–Crippen MR) is 78.9 cm³/mol. The molecule has 0 amide bonds. The van der Waals surface area contributed by atoms with Gasteiger partial charge < -0.3 is 14.5 Å². The fourth-order valence-electron chi connectivity index (χ4n) is 3.16. The second-order valence-corrected chi connectivity index (χ2v) is 7.34. The first-order chi connectivity index (χ1) is 8.75. The van der Waals surface area contributed by atoms with Gasteiger partial charge in [0.05, 0.1) is 40.3 Å². The van der Waals surface area contributed by atoms with Gasteiger partial charge in [0.25, 0.3) is 0 Å². The highest BCUT2D eigenvalue weighted by Crippen LogP contribution is 2.35. The number of rotatable bonds is 6. The lowest BCUT2D eigenvalue weighted by atomic mass is 9.74. The zero-order chi connectivity index (χ0) is 14.5. The highest BCUT2D eigenvalue weighted by molar-refractivity contribution is 5.60. The van der Waals surface area contributed by atoms with Gasteiger partial charge in [0.2, 0.25) is 0 Å². The molecule has 0 bridgehead atoms. The number of quaternary nitrogens is 2. The van der Waals surface area contributed by atoms with Crippen molar-refractivity contribution in [2.75, 3.05) is 54.4 Å². The summed E-state index contributed by atoms with van der Waals surface area (Å²) in [6.07, 6.45) is 4.60. The third-order valence-corrected chi connectivity index (χ3v) is 3.75. The van der Waals surface area contributed by atoms with Crippen LogP contribution in [-0.4, -0.2) is 66.2 Å². The van der Waals surface area contributed by atoms with Crippen LogP contribution in [0.5, 0.6) is 0 Å². The average molecular weight is 272 g/mol. The largest absolute Gasteiger partial charge is 0.375 e. The summed E-state index contributed by atoms with van der Waals surface area (Å²) < 4.78 is 5.89. The number of ether oxygens (including phenoxy) is 1. The number of likely N-dealkylation sites (N-methyl/N-ethyl adjacent to an activating group) is 1. The van der Waals surface area contributed by atoms with E-state index in [4.69, 9.17) is 4.74 Å². The number of hydrogen-bond acceptors (Lipinski definition) is 1. The Balaban J connectivity index is 2.70. The van der Waals surface area contributed by atoms with Gasteiger partial charge in [-0.15, -0.1) is 0 Å². The van der Waals surface area contributed by atoms with Crippen molar-refractivity contribution in [1.82, 2.24) is 0 Å². The Morgan fingerprint density at radius 2 is 1.84 bits per heavy atom. The molecule has 1 aliphatic heterocycles. The molecule has 19 heavy (non-hydrogen) atoms. The highest BCUT2D eigenvalue weighted by Gasteiger charge is 2.44. The molecule has 0 spiro atoms. The van der Waals surface area contributed by atoms with Crippen LogP contribution in [0.2, 0.25) is 0 Å². The summed E-state index contributed by atoms with van der Waals surface area (Å²) in [6.45, 7) is 8.67. The van der Waals surface area contributed by atoms with Gasteiger partial charge in [0, 0.05) is 6.61 Å². The number of nitrogens with one attached hydrogen (secondary N) is 3. The highest BCUT2D eigenvalue weighted by atomic mass is 16.5. The maximum Gasteiger partial charge on any atom is 0.189 e. The van der Waals surface area contributed by atoms with Crippen LogP contribution in [-0.2, 0) is 4.74 Å². The molecule has 0 unspecified atom stereocenters. The fraction of sp³-hybridized carbons (Fsp3) is 0.933. The van der Waals surface area contributed by atoms with E-state index in [1.165, 1.54) is 16.3 Å². The Morgan fingerprint density at radius 1 is 1.16 bits per heavy atom. The molecule has 112 valence electrons. The molecule has 0 radical (unpaired) electrons. The van der Waals surface area contributed by atoms with Crippen LogP contribution in [0.1, 0.15) is 26.7 Å². The van der Waals surface area contributed by atoms with E-state index in [-0.39, 0.29) is 11.0 Å². The Morgan fingerprint density at radius 3 is 2.37 bits per heavy atom. The van der Waals surface area contributed by atoms with E-state index < -0.39 is 0 Å². The maximum absolute atomic E-state index is 5.89.